The summed E-state index contributed by atoms with van der Waals surface area (Å²) >= 11 is 0. The third kappa shape index (κ3) is 3.98. The van der Waals surface area contributed by atoms with Crippen molar-refractivity contribution in [1.82, 2.24) is 4.90 Å². The molecule has 1 heterocycles. The van der Waals surface area contributed by atoms with Crippen molar-refractivity contribution in [2.45, 2.75) is 75.7 Å². The molecule has 154 valence electrons. The molecule has 1 aliphatic heterocycles. The number of likely N-dealkylation sites (tertiary alicyclic amines) is 1. The number of benzene rings is 1. The van der Waals surface area contributed by atoms with E-state index in [0.29, 0.717) is 12.0 Å². The zero-order valence-corrected chi connectivity index (χ0v) is 17.3. The van der Waals surface area contributed by atoms with Gasteiger partial charge in [-0.05, 0) is 105 Å². The fourth-order valence-corrected chi connectivity index (χ4v) is 7.23. The lowest BCUT2D eigenvalue weighted by molar-refractivity contribution is -0.00522. The van der Waals surface area contributed by atoms with Crippen LogP contribution in [0.2, 0.25) is 0 Å². The van der Waals surface area contributed by atoms with Gasteiger partial charge in [-0.2, -0.15) is 0 Å². The number of aliphatic hydroxyl groups excluding tert-OH is 1. The van der Waals surface area contributed by atoms with E-state index in [0.717, 1.165) is 43.1 Å². The fourth-order valence-electron chi connectivity index (χ4n) is 7.23. The Kier molecular flexibility index (Phi) is 5.40. The van der Waals surface area contributed by atoms with E-state index in [1.165, 1.54) is 64.2 Å². The van der Waals surface area contributed by atoms with Crippen LogP contribution in [0, 0.1) is 17.8 Å². The van der Waals surface area contributed by atoms with Crippen LogP contribution in [0.1, 0.15) is 69.8 Å². The van der Waals surface area contributed by atoms with Gasteiger partial charge < -0.3 is 14.7 Å². The topological polar surface area (TPSA) is 32.7 Å². The lowest BCUT2D eigenvalue weighted by Gasteiger charge is -2.57. The van der Waals surface area contributed by atoms with Gasteiger partial charge in [-0.1, -0.05) is 25.0 Å². The standard InChI is InChI=1S/C25H37NO2/c27-23(17-26-9-3-1-2-4-10-26)18-28-24-7-5-22(6-8-24)25-14-19-11-20(15-25)13-21(12-19)16-25/h5-8,19-21,23,27H,1-4,9-18H2. The molecule has 4 aliphatic carbocycles. The summed E-state index contributed by atoms with van der Waals surface area (Å²) in [6, 6.07) is 8.94. The third-order valence-corrected chi connectivity index (χ3v) is 8.11. The Balaban J connectivity index is 1.16. The highest BCUT2D eigenvalue weighted by molar-refractivity contribution is 5.34. The van der Waals surface area contributed by atoms with E-state index in [2.05, 4.69) is 29.2 Å². The minimum atomic E-state index is -0.402. The maximum Gasteiger partial charge on any atom is 0.119 e. The summed E-state index contributed by atoms with van der Waals surface area (Å²) in [5, 5.41) is 10.4. The Morgan fingerprint density at radius 1 is 0.893 bits per heavy atom. The number of aliphatic hydroxyl groups is 1. The Hall–Kier alpha value is -1.06. The first-order valence-electron chi connectivity index (χ1n) is 11.8. The summed E-state index contributed by atoms with van der Waals surface area (Å²) in [5.41, 5.74) is 2.00. The first kappa shape index (κ1) is 18.9. The molecule has 1 atom stereocenters. The maximum absolute atomic E-state index is 10.4. The van der Waals surface area contributed by atoms with Crippen molar-refractivity contribution in [3.63, 3.8) is 0 Å². The quantitative estimate of drug-likeness (QED) is 0.768. The summed E-state index contributed by atoms with van der Waals surface area (Å²) in [5.74, 6) is 3.85. The number of rotatable bonds is 6. The average molecular weight is 384 g/mol. The second-order valence-electron chi connectivity index (χ2n) is 10.4. The van der Waals surface area contributed by atoms with Crippen LogP contribution in [0.5, 0.6) is 5.75 Å². The molecular weight excluding hydrogens is 346 g/mol. The van der Waals surface area contributed by atoms with Crippen LogP contribution in [0.3, 0.4) is 0 Å². The minimum Gasteiger partial charge on any atom is -0.491 e. The van der Waals surface area contributed by atoms with Gasteiger partial charge in [0.15, 0.2) is 0 Å². The SMILES string of the molecule is OC(COc1ccc(C23CC4CC(CC(C4)C2)C3)cc1)CN1CCCCCC1. The molecule has 28 heavy (non-hydrogen) atoms. The number of nitrogens with zero attached hydrogens (tertiary/aromatic N) is 1. The summed E-state index contributed by atoms with van der Waals surface area (Å²) in [7, 11) is 0. The molecular formula is C25H37NO2. The van der Waals surface area contributed by atoms with E-state index in [-0.39, 0.29) is 0 Å². The molecule has 1 saturated heterocycles. The lowest BCUT2D eigenvalue weighted by Crippen LogP contribution is -2.48. The van der Waals surface area contributed by atoms with Crippen LogP contribution in [0.4, 0.5) is 0 Å². The molecule has 5 aliphatic rings. The first-order valence-corrected chi connectivity index (χ1v) is 11.8. The fraction of sp³-hybridized carbons (Fsp3) is 0.760. The monoisotopic (exact) mass is 383 g/mol. The van der Waals surface area contributed by atoms with Gasteiger partial charge in [-0.25, -0.2) is 0 Å². The molecule has 0 spiro atoms. The number of hydrogen-bond donors (Lipinski definition) is 1. The van der Waals surface area contributed by atoms with Crippen molar-refractivity contribution in [2.24, 2.45) is 17.8 Å². The third-order valence-electron chi connectivity index (χ3n) is 8.11. The predicted molar refractivity (Wildman–Crippen MR) is 113 cm³/mol. The molecule has 1 aromatic rings. The van der Waals surface area contributed by atoms with Gasteiger partial charge >= 0.3 is 0 Å². The Labute approximate surface area is 170 Å². The molecule has 4 bridgehead atoms. The zero-order chi connectivity index (χ0) is 19.0. The molecule has 0 aromatic heterocycles. The van der Waals surface area contributed by atoms with Crippen LogP contribution in [0.15, 0.2) is 24.3 Å². The molecule has 1 N–H and O–H groups in total. The molecule has 0 radical (unpaired) electrons. The normalized spacial score (nSPS) is 36.2. The van der Waals surface area contributed by atoms with Gasteiger partial charge in [0.2, 0.25) is 0 Å². The van der Waals surface area contributed by atoms with Crippen LogP contribution in [0.25, 0.3) is 0 Å². The molecule has 0 amide bonds. The predicted octanol–water partition coefficient (Wildman–Crippen LogP) is 4.77. The van der Waals surface area contributed by atoms with E-state index in [9.17, 15) is 5.11 Å². The number of hydrogen-bond acceptors (Lipinski definition) is 3. The van der Waals surface area contributed by atoms with Gasteiger partial charge in [0.05, 0.1) is 0 Å². The second-order valence-corrected chi connectivity index (χ2v) is 10.4. The van der Waals surface area contributed by atoms with Crippen molar-refractivity contribution in [3.8, 4) is 5.75 Å². The van der Waals surface area contributed by atoms with E-state index in [1.54, 1.807) is 5.56 Å². The van der Waals surface area contributed by atoms with E-state index >= 15 is 0 Å². The van der Waals surface area contributed by atoms with Crippen molar-refractivity contribution in [1.29, 1.82) is 0 Å². The van der Waals surface area contributed by atoms with Crippen LogP contribution in [-0.2, 0) is 5.41 Å². The first-order chi connectivity index (χ1) is 13.7. The molecule has 3 heteroatoms. The van der Waals surface area contributed by atoms with Crippen molar-refractivity contribution in [3.05, 3.63) is 29.8 Å². The highest BCUT2D eigenvalue weighted by Crippen LogP contribution is 2.60. The van der Waals surface area contributed by atoms with Crippen molar-refractivity contribution < 1.29 is 9.84 Å². The molecule has 5 fully saturated rings. The van der Waals surface area contributed by atoms with Crippen molar-refractivity contribution in [2.75, 3.05) is 26.2 Å². The van der Waals surface area contributed by atoms with Crippen LogP contribution < -0.4 is 4.74 Å². The van der Waals surface area contributed by atoms with Crippen LogP contribution in [-0.4, -0.2) is 42.4 Å². The van der Waals surface area contributed by atoms with Gasteiger partial charge in [0, 0.05) is 6.54 Å². The highest BCUT2D eigenvalue weighted by Gasteiger charge is 2.51. The Morgan fingerprint density at radius 3 is 2.04 bits per heavy atom. The summed E-state index contributed by atoms with van der Waals surface area (Å²) < 4.78 is 5.94. The largest absolute Gasteiger partial charge is 0.491 e. The van der Waals surface area contributed by atoms with Gasteiger partial charge in [0.25, 0.3) is 0 Å². The average Bonchev–Trinajstić information content (AvgIpc) is 2.94. The van der Waals surface area contributed by atoms with E-state index < -0.39 is 6.10 Å². The molecule has 4 saturated carbocycles. The van der Waals surface area contributed by atoms with Crippen molar-refractivity contribution >= 4 is 0 Å². The molecule has 1 unspecified atom stereocenters. The Bertz CT molecular complexity index is 612. The molecule has 3 nitrogen and oxygen atoms in total. The van der Waals surface area contributed by atoms with Crippen LogP contribution >= 0.6 is 0 Å². The van der Waals surface area contributed by atoms with Gasteiger partial charge in [-0.15, -0.1) is 0 Å². The number of ether oxygens (including phenoxy) is 1. The zero-order valence-electron chi connectivity index (χ0n) is 17.3. The minimum absolute atomic E-state index is 0.396. The van der Waals surface area contributed by atoms with E-state index in [1.807, 2.05) is 0 Å². The summed E-state index contributed by atoms with van der Waals surface area (Å²) in [6.45, 7) is 3.38. The summed E-state index contributed by atoms with van der Waals surface area (Å²) in [6.07, 6.45) is 13.5. The number of β-amino-alcohol motifs (C(OH)–C–C–N with tert-alkyl or cyclic N) is 1. The van der Waals surface area contributed by atoms with Gasteiger partial charge in [0.1, 0.15) is 18.5 Å². The lowest BCUT2D eigenvalue weighted by atomic mass is 9.48. The maximum atomic E-state index is 10.4. The van der Waals surface area contributed by atoms with Gasteiger partial charge in [-0.3, -0.25) is 0 Å². The second kappa shape index (κ2) is 7.99. The Morgan fingerprint density at radius 2 is 1.46 bits per heavy atom. The molecule has 6 rings (SSSR count). The molecule has 1 aromatic carbocycles. The summed E-state index contributed by atoms with van der Waals surface area (Å²) in [4.78, 5) is 2.40. The van der Waals surface area contributed by atoms with E-state index in [4.69, 9.17) is 4.74 Å². The highest BCUT2D eigenvalue weighted by atomic mass is 16.5. The smallest absolute Gasteiger partial charge is 0.119 e.